The topological polar surface area (TPSA) is 58.7 Å². The number of halogens is 3. The van der Waals surface area contributed by atoms with Crippen molar-refractivity contribution in [3.05, 3.63) is 70.5 Å². The van der Waals surface area contributed by atoms with E-state index in [0.717, 1.165) is 30.5 Å². The van der Waals surface area contributed by atoms with Gasteiger partial charge in [-0.3, -0.25) is 4.79 Å². The molecule has 1 heterocycles. The van der Waals surface area contributed by atoms with Crippen molar-refractivity contribution < 1.29 is 18.0 Å². The molecule has 2 atom stereocenters. The highest BCUT2D eigenvalue weighted by Gasteiger charge is 2.55. The van der Waals surface area contributed by atoms with Gasteiger partial charge in [-0.2, -0.15) is 5.10 Å². The minimum Gasteiger partial charge on any atom is -0.330 e. The minimum absolute atomic E-state index is 0.0674. The summed E-state index contributed by atoms with van der Waals surface area (Å²) in [6.07, 6.45) is 2.12. The molecule has 8 heteroatoms. The third kappa shape index (κ3) is 3.24. The molecule has 2 N–H and O–H groups in total. The highest BCUT2D eigenvalue weighted by molar-refractivity contribution is 8.15. The van der Waals surface area contributed by atoms with E-state index in [0.29, 0.717) is 29.1 Å². The fraction of sp³-hybridized carbons (Fsp3) is 0.333. The lowest BCUT2D eigenvalue weighted by Gasteiger charge is -2.45. The van der Waals surface area contributed by atoms with Gasteiger partial charge in [0.05, 0.1) is 0 Å². The summed E-state index contributed by atoms with van der Waals surface area (Å²) in [6.45, 7) is 1.80. The number of aryl methyl sites for hydroxylation is 1. The molecule has 0 radical (unpaired) electrons. The Morgan fingerprint density at radius 2 is 2.03 bits per heavy atom. The summed E-state index contributed by atoms with van der Waals surface area (Å²) in [5.74, 6) is -2.73. The van der Waals surface area contributed by atoms with Crippen molar-refractivity contribution in [1.82, 2.24) is 5.01 Å². The molecule has 2 aromatic carbocycles. The van der Waals surface area contributed by atoms with E-state index in [2.05, 4.69) is 5.10 Å². The standard InChI is InChI=1S/C21H20F3N3OS/c1-12(28)27-21(29-20(26-27)14-4-7-18(23)19(24)10-14)15(8-9-25)5-2-13-3-6-16(22)11-17(13)21/h3-4,6-7,10-11,15H,2,5,8-9,25H2,1H3/t15-,21+/m0/s1. The second-order valence-corrected chi connectivity index (χ2v) is 8.49. The lowest BCUT2D eigenvalue weighted by atomic mass is 9.77. The number of hydrogen-bond acceptors (Lipinski definition) is 4. The molecule has 0 saturated heterocycles. The molecule has 2 aliphatic rings. The second kappa shape index (κ2) is 7.50. The van der Waals surface area contributed by atoms with Gasteiger partial charge < -0.3 is 5.73 Å². The van der Waals surface area contributed by atoms with Gasteiger partial charge in [-0.1, -0.05) is 17.8 Å². The van der Waals surface area contributed by atoms with E-state index in [1.165, 1.54) is 41.9 Å². The second-order valence-electron chi connectivity index (χ2n) is 7.28. The van der Waals surface area contributed by atoms with Crippen molar-refractivity contribution >= 4 is 22.7 Å². The third-order valence-corrected chi connectivity index (χ3v) is 7.06. The summed E-state index contributed by atoms with van der Waals surface area (Å²) in [6, 6.07) is 8.11. The molecule has 0 saturated carbocycles. The van der Waals surface area contributed by atoms with Crippen molar-refractivity contribution in [2.45, 2.75) is 31.1 Å². The maximum absolute atomic E-state index is 14.2. The van der Waals surface area contributed by atoms with E-state index in [-0.39, 0.29) is 11.8 Å². The lowest BCUT2D eigenvalue weighted by Crippen LogP contribution is -2.49. The van der Waals surface area contributed by atoms with Crippen LogP contribution in [-0.4, -0.2) is 22.5 Å². The summed E-state index contributed by atoms with van der Waals surface area (Å²) in [7, 11) is 0. The van der Waals surface area contributed by atoms with Gasteiger partial charge >= 0.3 is 0 Å². The Morgan fingerprint density at radius 3 is 2.72 bits per heavy atom. The Morgan fingerprint density at radius 1 is 1.24 bits per heavy atom. The first-order valence-corrected chi connectivity index (χ1v) is 10.2. The molecule has 29 heavy (non-hydrogen) atoms. The first kappa shape index (κ1) is 20.0. The van der Waals surface area contributed by atoms with Gasteiger partial charge in [0.2, 0.25) is 5.91 Å². The molecule has 4 nitrogen and oxygen atoms in total. The van der Waals surface area contributed by atoms with Gasteiger partial charge in [0.25, 0.3) is 0 Å². The van der Waals surface area contributed by atoms with Gasteiger partial charge in [-0.05, 0) is 73.2 Å². The molecule has 1 spiro atoms. The van der Waals surface area contributed by atoms with Crippen molar-refractivity contribution in [3.8, 4) is 0 Å². The number of benzene rings is 2. The van der Waals surface area contributed by atoms with Gasteiger partial charge in [-0.15, -0.1) is 0 Å². The molecule has 1 aliphatic carbocycles. The molecular formula is C21H20F3N3OS. The predicted octanol–water partition coefficient (Wildman–Crippen LogP) is 4.13. The molecule has 0 aromatic heterocycles. The molecule has 0 fully saturated rings. The molecular weight excluding hydrogens is 399 g/mol. The molecule has 1 aliphatic heterocycles. The van der Waals surface area contributed by atoms with Crippen LogP contribution in [0.25, 0.3) is 0 Å². The number of hydrogen-bond donors (Lipinski definition) is 1. The van der Waals surface area contributed by atoms with Crippen LogP contribution >= 0.6 is 11.8 Å². The van der Waals surface area contributed by atoms with Crippen LogP contribution in [0.15, 0.2) is 41.5 Å². The lowest BCUT2D eigenvalue weighted by molar-refractivity contribution is -0.134. The zero-order valence-electron chi connectivity index (χ0n) is 15.8. The highest BCUT2D eigenvalue weighted by atomic mass is 32.2. The van der Waals surface area contributed by atoms with Crippen molar-refractivity contribution in [1.29, 1.82) is 0 Å². The van der Waals surface area contributed by atoms with E-state index in [1.54, 1.807) is 6.07 Å². The SMILES string of the molecule is CC(=O)N1N=C(c2ccc(F)c(F)c2)S[C@]12c1cc(F)ccc1CC[C@H]2CCN. The van der Waals surface area contributed by atoms with Crippen molar-refractivity contribution in [2.24, 2.45) is 16.8 Å². The normalized spacial score (nSPS) is 23.3. The maximum Gasteiger partial charge on any atom is 0.241 e. The molecule has 0 unspecified atom stereocenters. The number of hydrazone groups is 1. The monoisotopic (exact) mass is 419 g/mol. The quantitative estimate of drug-likeness (QED) is 0.814. The van der Waals surface area contributed by atoms with E-state index < -0.39 is 22.3 Å². The number of fused-ring (bicyclic) bond motifs is 2. The van der Waals surface area contributed by atoms with Crippen molar-refractivity contribution in [3.63, 3.8) is 0 Å². The molecule has 2 aromatic rings. The molecule has 152 valence electrons. The van der Waals surface area contributed by atoms with Gasteiger partial charge in [0.15, 0.2) is 11.6 Å². The van der Waals surface area contributed by atoms with Gasteiger partial charge in [0.1, 0.15) is 15.7 Å². The van der Waals surface area contributed by atoms with Crippen LogP contribution < -0.4 is 5.73 Å². The summed E-state index contributed by atoms with van der Waals surface area (Å²) in [4.78, 5) is 11.6. The largest absolute Gasteiger partial charge is 0.330 e. The predicted molar refractivity (Wildman–Crippen MR) is 107 cm³/mol. The fourth-order valence-corrected chi connectivity index (χ4v) is 5.86. The number of nitrogens with zero attached hydrogens (tertiary/aromatic N) is 2. The zero-order chi connectivity index (χ0) is 20.8. The minimum atomic E-state index is -0.991. The summed E-state index contributed by atoms with van der Waals surface area (Å²) in [5, 5.41) is 6.23. The van der Waals surface area contributed by atoms with Crippen LogP contribution in [0.3, 0.4) is 0 Å². The zero-order valence-corrected chi connectivity index (χ0v) is 16.6. The summed E-state index contributed by atoms with van der Waals surface area (Å²) < 4.78 is 41.4. The number of rotatable bonds is 3. The molecule has 0 bridgehead atoms. The van der Waals surface area contributed by atoms with Gasteiger partial charge in [0, 0.05) is 12.5 Å². The first-order valence-electron chi connectivity index (χ1n) is 9.39. The Kier molecular flexibility index (Phi) is 5.16. The number of amides is 1. The number of carbonyl (C=O) groups excluding carboxylic acids is 1. The Bertz CT molecular complexity index is 1010. The molecule has 1 amide bonds. The van der Waals surface area contributed by atoms with Crippen molar-refractivity contribution in [2.75, 3.05) is 6.54 Å². The Balaban J connectivity index is 1.89. The Hall–Kier alpha value is -2.32. The fourth-order valence-electron chi connectivity index (χ4n) is 4.24. The number of carbonyl (C=O) groups is 1. The number of nitrogens with two attached hydrogens (primary N) is 1. The average molecular weight is 419 g/mol. The summed E-state index contributed by atoms with van der Waals surface area (Å²) in [5.41, 5.74) is 7.84. The first-order chi connectivity index (χ1) is 13.9. The maximum atomic E-state index is 14.2. The highest BCUT2D eigenvalue weighted by Crippen LogP contribution is 2.57. The third-order valence-electron chi connectivity index (χ3n) is 5.51. The average Bonchev–Trinajstić information content (AvgIpc) is 3.08. The Labute approximate surface area is 171 Å². The van der Waals surface area contributed by atoms with Crippen LogP contribution in [0.5, 0.6) is 0 Å². The van der Waals surface area contributed by atoms with Crippen LogP contribution in [0.4, 0.5) is 13.2 Å². The van der Waals surface area contributed by atoms with E-state index in [4.69, 9.17) is 5.73 Å². The smallest absolute Gasteiger partial charge is 0.241 e. The van der Waals surface area contributed by atoms with Crippen LogP contribution in [0, 0.1) is 23.4 Å². The molecule has 4 rings (SSSR count). The van der Waals surface area contributed by atoms with E-state index in [1.807, 2.05) is 0 Å². The van der Waals surface area contributed by atoms with E-state index >= 15 is 0 Å². The van der Waals surface area contributed by atoms with Gasteiger partial charge in [-0.25, -0.2) is 18.2 Å². The summed E-state index contributed by atoms with van der Waals surface area (Å²) >= 11 is 1.28. The number of thioether (sulfide) groups is 1. The van der Waals surface area contributed by atoms with Crippen LogP contribution in [0.2, 0.25) is 0 Å². The van der Waals surface area contributed by atoms with Crippen LogP contribution in [0.1, 0.15) is 36.5 Å². The van der Waals surface area contributed by atoms with E-state index in [9.17, 15) is 18.0 Å². The van der Waals surface area contributed by atoms with Crippen LogP contribution in [-0.2, 0) is 16.1 Å².